The summed E-state index contributed by atoms with van der Waals surface area (Å²) < 4.78 is 15.3. The van der Waals surface area contributed by atoms with E-state index >= 15 is 0 Å². The number of carbonyl (C=O) groups excluding carboxylic acids is 1. The highest BCUT2D eigenvalue weighted by molar-refractivity contribution is 5.92. The summed E-state index contributed by atoms with van der Waals surface area (Å²) in [6.07, 6.45) is 3.14. The Labute approximate surface area is 144 Å². The number of benzene rings is 1. The van der Waals surface area contributed by atoms with Gasteiger partial charge in [0.15, 0.2) is 0 Å². The van der Waals surface area contributed by atoms with E-state index < -0.39 is 5.82 Å². The number of rotatable bonds is 4. The second kappa shape index (κ2) is 8.13. The lowest BCUT2D eigenvalue weighted by Gasteiger charge is -2.29. The third kappa shape index (κ3) is 4.47. The van der Waals surface area contributed by atoms with Crippen LogP contribution in [0, 0.1) is 5.82 Å². The number of halogens is 2. The fraction of sp³-hybridized carbons (Fsp3) is 0.429. The van der Waals surface area contributed by atoms with E-state index in [1.54, 1.807) is 0 Å². The number of hydrogen-bond acceptors (Lipinski definition) is 6. The molecule has 3 N–H and O–H groups in total. The molecule has 0 saturated carbocycles. The summed E-state index contributed by atoms with van der Waals surface area (Å²) in [6.45, 7) is 1.78. The molecule has 1 aromatic carbocycles. The normalized spacial score (nSPS) is 15.8. The summed E-state index contributed by atoms with van der Waals surface area (Å²) in [5.74, 6) is -0.760. The van der Waals surface area contributed by atoms with E-state index in [2.05, 4.69) is 20.8 Å². The Balaban J connectivity index is 0.00000208. The van der Waals surface area contributed by atoms with E-state index in [0.717, 1.165) is 25.9 Å². The Morgan fingerprint density at radius 2 is 2.12 bits per heavy atom. The van der Waals surface area contributed by atoms with Crippen LogP contribution in [0.2, 0.25) is 0 Å². The number of nitrogens with zero attached hydrogens (tertiary/aromatic N) is 5. The van der Waals surface area contributed by atoms with E-state index in [1.165, 1.54) is 29.2 Å². The minimum absolute atomic E-state index is 0. The van der Waals surface area contributed by atoms with Crippen LogP contribution >= 0.6 is 12.4 Å². The SMILES string of the molecule is Cl.NC1CCN(CC(=O)Nc2cc(-n3cnnn3)ccc2F)CC1. The van der Waals surface area contributed by atoms with Crippen molar-refractivity contribution in [1.82, 2.24) is 25.1 Å². The maximum Gasteiger partial charge on any atom is 0.238 e. The zero-order valence-corrected chi connectivity index (χ0v) is 13.7. The molecule has 1 aliphatic heterocycles. The molecule has 0 aliphatic carbocycles. The van der Waals surface area contributed by atoms with Crippen molar-refractivity contribution >= 4 is 24.0 Å². The van der Waals surface area contributed by atoms with E-state index in [-0.39, 0.29) is 36.6 Å². The smallest absolute Gasteiger partial charge is 0.238 e. The Hall–Kier alpha value is -2.10. The molecule has 10 heteroatoms. The van der Waals surface area contributed by atoms with Crippen LogP contribution in [0.3, 0.4) is 0 Å². The quantitative estimate of drug-likeness (QED) is 0.832. The monoisotopic (exact) mass is 355 g/mol. The lowest BCUT2D eigenvalue weighted by Crippen LogP contribution is -2.43. The van der Waals surface area contributed by atoms with Gasteiger partial charge >= 0.3 is 0 Å². The Morgan fingerprint density at radius 3 is 2.79 bits per heavy atom. The second-order valence-corrected chi connectivity index (χ2v) is 5.58. The highest BCUT2D eigenvalue weighted by Crippen LogP contribution is 2.18. The standard InChI is InChI=1S/C14H18FN7O.ClH/c15-12-2-1-11(22-9-17-19-20-22)7-13(12)18-14(23)8-21-5-3-10(16)4-6-21;/h1-2,7,9-10H,3-6,8,16H2,(H,18,23);1H. The van der Waals surface area contributed by atoms with Gasteiger partial charge in [0.2, 0.25) is 5.91 Å². The fourth-order valence-electron chi connectivity index (χ4n) is 2.54. The molecule has 24 heavy (non-hydrogen) atoms. The minimum atomic E-state index is -0.504. The van der Waals surface area contributed by atoms with Crippen LogP contribution in [0.15, 0.2) is 24.5 Å². The van der Waals surface area contributed by atoms with Crippen molar-refractivity contribution in [2.24, 2.45) is 5.73 Å². The molecule has 0 radical (unpaired) electrons. The zero-order chi connectivity index (χ0) is 16.2. The van der Waals surface area contributed by atoms with Crippen LogP contribution in [0.1, 0.15) is 12.8 Å². The van der Waals surface area contributed by atoms with Gasteiger partial charge in [0.1, 0.15) is 12.1 Å². The highest BCUT2D eigenvalue weighted by Gasteiger charge is 2.19. The third-order valence-electron chi connectivity index (χ3n) is 3.84. The first-order chi connectivity index (χ1) is 11.1. The summed E-state index contributed by atoms with van der Waals surface area (Å²) in [4.78, 5) is 14.1. The Kier molecular flexibility index (Phi) is 6.18. The molecule has 0 spiro atoms. The summed E-state index contributed by atoms with van der Waals surface area (Å²) in [5.41, 5.74) is 6.51. The molecule has 1 aliphatic rings. The molecule has 0 unspecified atom stereocenters. The van der Waals surface area contributed by atoms with Gasteiger partial charge in [-0.2, -0.15) is 0 Å². The van der Waals surface area contributed by atoms with Crippen LogP contribution in [0.5, 0.6) is 0 Å². The summed E-state index contributed by atoms with van der Waals surface area (Å²) in [5, 5.41) is 13.4. The Morgan fingerprint density at radius 1 is 1.38 bits per heavy atom. The lowest BCUT2D eigenvalue weighted by molar-refractivity contribution is -0.117. The highest BCUT2D eigenvalue weighted by atomic mass is 35.5. The lowest BCUT2D eigenvalue weighted by atomic mass is 10.1. The van der Waals surface area contributed by atoms with E-state index in [4.69, 9.17) is 5.73 Å². The van der Waals surface area contributed by atoms with Gasteiger partial charge < -0.3 is 11.1 Å². The molecule has 1 amide bonds. The summed E-state index contributed by atoms with van der Waals surface area (Å²) in [7, 11) is 0. The molecule has 3 rings (SSSR count). The first-order valence-corrected chi connectivity index (χ1v) is 7.42. The first-order valence-electron chi connectivity index (χ1n) is 7.42. The average molecular weight is 356 g/mol. The predicted molar refractivity (Wildman–Crippen MR) is 88.6 cm³/mol. The number of carbonyl (C=O) groups is 1. The van der Waals surface area contributed by atoms with Crippen molar-refractivity contribution < 1.29 is 9.18 Å². The number of hydrogen-bond donors (Lipinski definition) is 2. The number of tetrazole rings is 1. The van der Waals surface area contributed by atoms with Crippen LogP contribution in [0.4, 0.5) is 10.1 Å². The minimum Gasteiger partial charge on any atom is -0.328 e. The molecule has 1 saturated heterocycles. The third-order valence-corrected chi connectivity index (χ3v) is 3.84. The molecule has 1 fully saturated rings. The molecule has 0 bridgehead atoms. The van der Waals surface area contributed by atoms with Gasteiger partial charge in [-0.25, -0.2) is 9.07 Å². The molecular formula is C14H19ClFN7O. The van der Waals surface area contributed by atoms with Crippen LogP contribution < -0.4 is 11.1 Å². The maximum absolute atomic E-state index is 13.9. The number of nitrogens with two attached hydrogens (primary N) is 1. The maximum atomic E-state index is 13.9. The average Bonchev–Trinajstić information content (AvgIpc) is 3.06. The molecular weight excluding hydrogens is 337 g/mol. The topological polar surface area (TPSA) is 102 Å². The second-order valence-electron chi connectivity index (χ2n) is 5.58. The van der Waals surface area contributed by atoms with Crippen LogP contribution in [-0.4, -0.2) is 56.7 Å². The van der Waals surface area contributed by atoms with E-state index in [9.17, 15) is 9.18 Å². The van der Waals surface area contributed by atoms with Gasteiger partial charge in [-0.1, -0.05) is 0 Å². The molecule has 8 nitrogen and oxygen atoms in total. The van der Waals surface area contributed by atoms with E-state index in [0.29, 0.717) is 5.69 Å². The summed E-state index contributed by atoms with van der Waals surface area (Å²) >= 11 is 0. The molecule has 130 valence electrons. The van der Waals surface area contributed by atoms with Gasteiger partial charge in [0.05, 0.1) is 17.9 Å². The number of amides is 1. The molecule has 0 atom stereocenters. The van der Waals surface area contributed by atoms with Gasteiger partial charge in [0.25, 0.3) is 0 Å². The van der Waals surface area contributed by atoms with Crippen LogP contribution in [0.25, 0.3) is 5.69 Å². The number of aromatic nitrogens is 4. The van der Waals surface area contributed by atoms with Crippen molar-refractivity contribution in [2.75, 3.05) is 25.0 Å². The molecule has 1 aromatic heterocycles. The largest absolute Gasteiger partial charge is 0.328 e. The number of anilines is 1. The molecule has 2 heterocycles. The van der Waals surface area contributed by atoms with Gasteiger partial charge in [-0.05, 0) is 41.5 Å². The molecule has 2 aromatic rings. The van der Waals surface area contributed by atoms with Crippen LogP contribution in [-0.2, 0) is 4.79 Å². The number of piperidine rings is 1. The number of nitrogens with one attached hydrogen (secondary N) is 1. The van der Waals surface area contributed by atoms with Crippen molar-refractivity contribution in [3.8, 4) is 5.69 Å². The first kappa shape index (κ1) is 18.2. The summed E-state index contributed by atoms with van der Waals surface area (Å²) in [6, 6.07) is 4.51. The Bertz CT molecular complexity index is 674. The van der Waals surface area contributed by atoms with Crippen molar-refractivity contribution in [2.45, 2.75) is 18.9 Å². The van der Waals surface area contributed by atoms with Crippen molar-refractivity contribution in [1.29, 1.82) is 0 Å². The van der Waals surface area contributed by atoms with Crippen molar-refractivity contribution in [3.05, 3.63) is 30.3 Å². The predicted octanol–water partition coefficient (Wildman–Crippen LogP) is 0.585. The van der Waals surface area contributed by atoms with Gasteiger partial charge in [-0.3, -0.25) is 9.69 Å². The van der Waals surface area contributed by atoms with Crippen molar-refractivity contribution in [3.63, 3.8) is 0 Å². The fourth-order valence-corrected chi connectivity index (χ4v) is 2.54. The number of likely N-dealkylation sites (tertiary alicyclic amines) is 1. The zero-order valence-electron chi connectivity index (χ0n) is 12.9. The van der Waals surface area contributed by atoms with Gasteiger partial charge in [-0.15, -0.1) is 17.5 Å². The van der Waals surface area contributed by atoms with Gasteiger partial charge in [0, 0.05) is 19.1 Å². The van der Waals surface area contributed by atoms with E-state index in [1.807, 2.05) is 4.90 Å².